The summed E-state index contributed by atoms with van der Waals surface area (Å²) in [6, 6.07) is 16.3. The van der Waals surface area contributed by atoms with Gasteiger partial charge in [0.25, 0.3) is 5.91 Å². The van der Waals surface area contributed by atoms with E-state index < -0.39 is 5.91 Å². The van der Waals surface area contributed by atoms with Gasteiger partial charge in [0.2, 0.25) is 5.91 Å². The molecule has 0 radical (unpaired) electrons. The third-order valence-electron chi connectivity index (χ3n) is 4.71. The van der Waals surface area contributed by atoms with Gasteiger partial charge in [-0.1, -0.05) is 35.5 Å². The molecule has 0 spiro atoms. The number of hydrogen-bond acceptors (Lipinski definition) is 6. The standard InChI is InChI=1S/C21H20N6O3/c22-10-8-15(13-4-2-1-3-5-13)20(28)23-14-6-7-17-16(12-14)19(26-25-17)24-21(29)18-9-11-30-27-18/h1-7,9,11-12,15H,8,10,22H2,(H,23,28)(H2,24,25,26,29). The van der Waals surface area contributed by atoms with Gasteiger partial charge in [0.15, 0.2) is 11.5 Å². The van der Waals surface area contributed by atoms with Crippen LogP contribution in [0.2, 0.25) is 0 Å². The van der Waals surface area contributed by atoms with Crippen molar-refractivity contribution in [2.45, 2.75) is 12.3 Å². The first-order valence-corrected chi connectivity index (χ1v) is 9.41. The minimum atomic E-state index is -0.446. The Labute approximate surface area is 171 Å². The number of nitrogens with zero attached hydrogens (tertiary/aromatic N) is 2. The summed E-state index contributed by atoms with van der Waals surface area (Å²) in [5.74, 6) is -0.625. The molecule has 0 saturated heterocycles. The summed E-state index contributed by atoms with van der Waals surface area (Å²) in [6.45, 7) is 0.395. The van der Waals surface area contributed by atoms with Gasteiger partial charge in [-0.25, -0.2) is 0 Å². The molecule has 9 heteroatoms. The van der Waals surface area contributed by atoms with Crippen molar-refractivity contribution in [2.75, 3.05) is 17.2 Å². The third kappa shape index (κ3) is 4.06. The van der Waals surface area contributed by atoms with Gasteiger partial charge in [-0.05, 0) is 36.7 Å². The van der Waals surface area contributed by atoms with Crippen LogP contribution >= 0.6 is 0 Å². The number of benzene rings is 2. The lowest BCUT2D eigenvalue weighted by atomic mass is 9.94. The van der Waals surface area contributed by atoms with Crippen molar-refractivity contribution in [1.82, 2.24) is 15.4 Å². The van der Waals surface area contributed by atoms with Crippen molar-refractivity contribution in [1.29, 1.82) is 0 Å². The number of carbonyl (C=O) groups excluding carboxylic acids is 2. The summed E-state index contributed by atoms with van der Waals surface area (Å²) in [6.07, 6.45) is 1.85. The Bertz CT molecular complexity index is 1150. The van der Waals surface area contributed by atoms with Crippen molar-refractivity contribution in [3.8, 4) is 0 Å². The third-order valence-corrected chi connectivity index (χ3v) is 4.71. The van der Waals surface area contributed by atoms with Crippen molar-refractivity contribution >= 4 is 34.2 Å². The number of amides is 2. The molecular weight excluding hydrogens is 384 g/mol. The van der Waals surface area contributed by atoms with E-state index in [9.17, 15) is 9.59 Å². The zero-order chi connectivity index (χ0) is 20.9. The zero-order valence-electron chi connectivity index (χ0n) is 16.0. The van der Waals surface area contributed by atoms with E-state index in [1.54, 1.807) is 18.2 Å². The van der Waals surface area contributed by atoms with Crippen LogP contribution in [0.4, 0.5) is 11.5 Å². The second kappa shape index (κ2) is 8.58. The van der Waals surface area contributed by atoms with Crippen LogP contribution in [0.5, 0.6) is 0 Å². The summed E-state index contributed by atoms with van der Waals surface area (Å²) in [4.78, 5) is 25.1. The van der Waals surface area contributed by atoms with E-state index in [-0.39, 0.29) is 17.5 Å². The lowest BCUT2D eigenvalue weighted by Crippen LogP contribution is -2.23. The maximum Gasteiger partial charge on any atom is 0.279 e. The van der Waals surface area contributed by atoms with Crippen molar-refractivity contribution in [2.24, 2.45) is 5.73 Å². The van der Waals surface area contributed by atoms with E-state index in [2.05, 4.69) is 30.5 Å². The molecule has 1 atom stereocenters. The normalized spacial score (nSPS) is 11.9. The predicted molar refractivity (Wildman–Crippen MR) is 112 cm³/mol. The number of aromatic nitrogens is 3. The zero-order valence-corrected chi connectivity index (χ0v) is 16.0. The van der Waals surface area contributed by atoms with Crippen molar-refractivity contribution in [3.63, 3.8) is 0 Å². The number of hydrogen-bond donors (Lipinski definition) is 4. The predicted octanol–water partition coefficient (Wildman–Crippen LogP) is 2.87. The van der Waals surface area contributed by atoms with Crippen LogP contribution in [-0.2, 0) is 4.79 Å². The smallest absolute Gasteiger partial charge is 0.279 e. The second-order valence-electron chi connectivity index (χ2n) is 6.70. The van der Waals surface area contributed by atoms with Gasteiger partial charge in [-0.15, -0.1) is 0 Å². The van der Waals surface area contributed by atoms with Gasteiger partial charge in [-0.2, -0.15) is 5.10 Å². The topological polar surface area (TPSA) is 139 Å². The van der Waals surface area contributed by atoms with E-state index >= 15 is 0 Å². The summed E-state index contributed by atoms with van der Waals surface area (Å²) in [5.41, 5.74) is 8.07. The quantitative estimate of drug-likeness (QED) is 0.373. The molecule has 1 unspecified atom stereocenters. The van der Waals surface area contributed by atoms with Crippen LogP contribution < -0.4 is 16.4 Å². The molecule has 0 aliphatic rings. The van der Waals surface area contributed by atoms with Gasteiger partial charge in [-0.3, -0.25) is 14.7 Å². The van der Waals surface area contributed by atoms with Crippen molar-refractivity contribution in [3.05, 3.63) is 72.1 Å². The first kappa shape index (κ1) is 19.3. The molecular formula is C21H20N6O3. The van der Waals surface area contributed by atoms with Gasteiger partial charge in [0.05, 0.1) is 11.4 Å². The molecule has 0 bridgehead atoms. The molecule has 0 aliphatic heterocycles. The molecule has 4 rings (SSSR count). The van der Waals surface area contributed by atoms with Gasteiger partial charge in [0.1, 0.15) is 6.26 Å². The average Bonchev–Trinajstić information content (AvgIpc) is 3.43. The summed E-state index contributed by atoms with van der Waals surface area (Å²) < 4.78 is 4.69. The minimum absolute atomic E-state index is 0.142. The number of carbonyl (C=O) groups is 2. The summed E-state index contributed by atoms with van der Waals surface area (Å²) in [7, 11) is 0. The SMILES string of the molecule is NCCC(C(=O)Nc1ccc2[nH]nc(NC(=O)c3ccon3)c2c1)c1ccccc1. The molecule has 2 heterocycles. The number of nitrogens with two attached hydrogens (primary N) is 1. The van der Waals surface area contributed by atoms with Crippen molar-refractivity contribution < 1.29 is 14.1 Å². The van der Waals surface area contributed by atoms with Gasteiger partial charge in [0, 0.05) is 17.1 Å². The molecule has 30 heavy (non-hydrogen) atoms. The van der Waals surface area contributed by atoms with Crippen LogP contribution in [-0.4, -0.2) is 33.7 Å². The first-order chi connectivity index (χ1) is 14.7. The monoisotopic (exact) mass is 404 g/mol. The molecule has 4 aromatic rings. The second-order valence-corrected chi connectivity index (χ2v) is 6.70. The van der Waals surface area contributed by atoms with E-state index in [0.717, 1.165) is 5.56 Å². The molecule has 152 valence electrons. The van der Waals surface area contributed by atoms with E-state index in [1.165, 1.54) is 12.3 Å². The van der Waals surface area contributed by atoms with Crippen LogP contribution in [0.3, 0.4) is 0 Å². The Morgan fingerprint density at radius 2 is 1.93 bits per heavy atom. The number of nitrogens with one attached hydrogen (secondary N) is 3. The molecule has 9 nitrogen and oxygen atoms in total. The van der Waals surface area contributed by atoms with Crippen LogP contribution in [0.15, 0.2) is 65.4 Å². The minimum Gasteiger partial charge on any atom is -0.364 e. The summed E-state index contributed by atoms with van der Waals surface area (Å²) in [5, 5.41) is 16.9. The number of H-pyrrole nitrogens is 1. The molecule has 0 fully saturated rings. The van der Waals surface area contributed by atoms with E-state index in [1.807, 2.05) is 30.3 Å². The van der Waals surface area contributed by atoms with Crippen LogP contribution in [0.1, 0.15) is 28.4 Å². The van der Waals surface area contributed by atoms with Gasteiger partial charge < -0.3 is 20.9 Å². The van der Waals surface area contributed by atoms with Crippen LogP contribution in [0.25, 0.3) is 10.9 Å². The Balaban J connectivity index is 1.55. The molecule has 5 N–H and O–H groups in total. The fourth-order valence-electron chi connectivity index (χ4n) is 3.22. The van der Waals surface area contributed by atoms with Crippen LogP contribution in [0, 0.1) is 0 Å². The first-order valence-electron chi connectivity index (χ1n) is 9.41. The highest BCUT2D eigenvalue weighted by Gasteiger charge is 2.20. The van der Waals surface area contributed by atoms with E-state index in [4.69, 9.17) is 5.73 Å². The Morgan fingerprint density at radius 3 is 2.67 bits per heavy atom. The maximum absolute atomic E-state index is 12.9. The summed E-state index contributed by atoms with van der Waals surface area (Å²) >= 11 is 0. The lowest BCUT2D eigenvalue weighted by molar-refractivity contribution is -0.117. The Morgan fingerprint density at radius 1 is 1.10 bits per heavy atom. The maximum atomic E-state index is 12.9. The highest BCUT2D eigenvalue weighted by atomic mass is 16.5. The number of aromatic amines is 1. The fourth-order valence-corrected chi connectivity index (χ4v) is 3.22. The average molecular weight is 404 g/mol. The number of rotatable bonds is 7. The molecule has 2 amide bonds. The Hall–Kier alpha value is -3.98. The Kier molecular flexibility index (Phi) is 5.53. The number of fused-ring (bicyclic) bond motifs is 1. The van der Waals surface area contributed by atoms with E-state index in [0.29, 0.717) is 35.4 Å². The highest BCUT2D eigenvalue weighted by Crippen LogP contribution is 2.26. The largest absolute Gasteiger partial charge is 0.364 e. The molecule has 0 aliphatic carbocycles. The molecule has 0 saturated carbocycles. The fraction of sp³-hybridized carbons (Fsp3) is 0.143. The molecule has 2 aromatic carbocycles. The molecule has 2 aromatic heterocycles. The lowest BCUT2D eigenvalue weighted by Gasteiger charge is -2.16. The highest BCUT2D eigenvalue weighted by molar-refractivity contribution is 6.07. The van der Waals surface area contributed by atoms with Gasteiger partial charge >= 0.3 is 0 Å². The number of anilines is 2.